The molecule has 0 bridgehead atoms. The number of rotatable bonds is 5. The molecule has 0 radical (unpaired) electrons. The molecule has 0 aliphatic heterocycles. The highest BCUT2D eigenvalue weighted by Gasteiger charge is 2.28. The molecule has 18 heavy (non-hydrogen) atoms. The number of hydrazine groups is 1. The maximum absolute atomic E-state index is 11.1. The minimum atomic E-state index is -0.344. The van der Waals surface area contributed by atoms with Crippen molar-refractivity contribution in [2.45, 2.75) is 25.7 Å². The molecule has 2 rings (SSSR count). The second-order valence-electron chi connectivity index (χ2n) is 4.25. The van der Waals surface area contributed by atoms with Gasteiger partial charge in [0.1, 0.15) is 24.0 Å². The average molecular weight is 251 g/mol. The largest absolute Gasteiger partial charge is 0.468 e. The molecule has 0 atom stereocenters. The van der Waals surface area contributed by atoms with Crippen LogP contribution in [0.2, 0.25) is 0 Å². The van der Waals surface area contributed by atoms with Crippen molar-refractivity contribution in [3.05, 3.63) is 11.4 Å². The van der Waals surface area contributed by atoms with E-state index in [0.717, 1.165) is 24.2 Å². The smallest absolute Gasteiger partial charge is 0.325 e. The van der Waals surface area contributed by atoms with Gasteiger partial charge in [-0.3, -0.25) is 4.79 Å². The van der Waals surface area contributed by atoms with Crippen molar-refractivity contribution in [1.29, 1.82) is 0 Å². The Morgan fingerprint density at radius 2 is 2.11 bits per heavy atom. The van der Waals surface area contributed by atoms with E-state index >= 15 is 0 Å². The third-order valence-corrected chi connectivity index (χ3v) is 2.87. The van der Waals surface area contributed by atoms with Crippen LogP contribution in [-0.2, 0) is 9.53 Å². The average Bonchev–Trinajstić information content (AvgIpc) is 3.21. The Labute approximate surface area is 105 Å². The summed E-state index contributed by atoms with van der Waals surface area (Å²) in [6.07, 6.45) is 2.20. The quantitative estimate of drug-likeness (QED) is 0.398. The van der Waals surface area contributed by atoms with Gasteiger partial charge in [0, 0.05) is 11.5 Å². The predicted octanol–water partition coefficient (Wildman–Crippen LogP) is 0.533. The fourth-order valence-electron chi connectivity index (χ4n) is 1.60. The van der Waals surface area contributed by atoms with E-state index in [1.165, 1.54) is 7.11 Å². The van der Waals surface area contributed by atoms with Crippen LogP contribution in [0.4, 0.5) is 11.6 Å². The molecule has 4 N–H and O–H groups in total. The summed E-state index contributed by atoms with van der Waals surface area (Å²) in [5, 5.41) is 2.94. The zero-order valence-corrected chi connectivity index (χ0v) is 10.5. The van der Waals surface area contributed by atoms with Crippen LogP contribution in [0.25, 0.3) is 0 Å². The Morgan fingerprint density at radius 3 is 2.67 bits per heavy atom. The summed E-state index contributed by atoms with van der Waals surface area (Å²) in [7, 11) is 1.35. The number of ether oxygens (including phenoxy) is 1. The Bertz CT molecular complexity index is 459. The van der Waals surface area contributed by atoms with Crippen molar-refractivity contribution in [3.8, 4) is 0 Å². The van der Waals surface area contributed by atoms with E-state index in [1.807, 2.05) is 6.92 Å². The van der Waals surface area contributed by atoms with Crippen LogP contribution in [0.3, 0.4) is 0 Å². The highest BCUT2D eigenvalue weighted by atomic mass is 16.5. The summed E-state index contributed by atoms with van der Waals surface area (Å²) in [5.74, 6) is 7.46. The van der Waals surface area contributed by atoms with Gasteiger partial charge in [-0.05, 0) is 19.8 Å². The van der Waals surface area contributed by atoms with Gasteiger partial charge >= 0.3 is 5.97 Å². The van der Waals surface area contributed by atoms with Crippen molar-refractivity contribution in [1.82, 2.24) is 9.97 Å². The van der Waals surface area contributed by atoms with Gasteiger partial charge in [-0.2, -0.15) is 0 Å². The number of nitrogens with one attached hydrogen (secondary N) is 2. The molecule has 0 spiro atoms. The number of aromatic nitrogens is 2. The van der Waals surface area contributed by atoms with Gasteiger partial charge in [-0.15, -0.1) is 0 Å². The van der Waals surface area contributed by atoms with Crippen LogP contribution in [0.5, 0.6) is 0 Å². The van der Waals surface area contributed by atoms with Crippen LogP contribution < -0.4 is 16.6 Å². The van der Waals surface area contributed by atoms with Crippen LogP contribution in [0.15, 0.2) is 0 Å². The Balaban J connectivity index is 2.21. The molecule has 1 aliphatic rings. The molecule has 1 aliphatic carbocycles. The van der Waals surface area contributed by atoms with Gasteiger partial charge in [0.05, 0.1) is 7.11 Å². The molecular weight excluding hydrogens is 234 g/mol. The third kappa shape index (κ3) is 2.67. The van der Waals surface area contributed by atoms with E-state index in [4.69, 9.17) is 5.84 Å². The predicted molar refractivity (Wildman–Crippen MR) is 67.1 cm³/mol. The van der Waals surface area contributed by atoms with Crippen molar-refractivity contribution >= 4 is 17.6 Å². The van der Waals surface area contributed by atoms with Crippen LogP contribution >= 0.6 is 0 Å². The summed E-state index contributed by atoms with van der Waals surface area (Å²) in [6.45, 7) is 1.91. The van der Waals surface area contributed by atoms with Crippen LogP contribution in [0, 0.1) is 6.92 Å². The molecule has 1 heterocycles. The molecule has 1 aromatic rings. The number of anilines is 2. The SMILES string of the molecule is COC(=O)CNc1nc(C2CC2)nc(NN)c1C. The lowest BCUT2D eigenvalue weighted by atomic mass is 10.3. The summed E-state index contributed by atoms with van der Waals surface area (Å²) >= 11 is 0. The van der Waals surface area contributed by atoms with E-state index in [1.54, 1.807) is 0 Å². The van der Waals surface area contributed by atoms with Gasteiger partial charge in [0.2, 0.25) is 0 Å². The first-order valence-electron chi connectivity index (χ1n) is 5.81. The zero-order valence-electron chi connectivity index (χ0n) is 10.5. The Kier molecular flexibility index (Phi) is 3.61. The number of hydrogen-bond donors (Lipinski definition) is 3. The minimum Gasteiger partial charge on any atom is -0.468 e. The van der Waals surface area contributed by atoms with Crippen LogP contribution in [0.1, 0.15) is 30.1 Å². The Hall–Kier alpha value is -1.89. The molecule has 7 heteroatoms. The fourth-order valence-corrected chi connectivity index (χ4v) is 1.60. The first-order chi connectivity index (χ1) is 8.65. The number of nitrogens with two attached hydrogens (primary N) is 1. The highest BCUT2D eigenvalue weighted by Crippen LogP contribution is 2.39. The lowest BCUT2D eigenvalue weighted by Gasteiger charge is -2.12. The number of methoxy groups -OCH3 is 1. The first kappa shape index (κ1) is 12.6. The molecule has 0 unspecified atom stereocenters. The Morgan fingerprint density at radius 1 is 1.44 bits per heavy atom. The molecule has 98 valence electrons. The van der Waals surface area contributed by atoms with Crippen molar-refractivity contribution in [2.24, 2.45) is 5.84 Å². The minimum absolute atomic E-state index is 0.0719. The number of hydrogen-bond acceptors (Lipinski definition) is 7. The topological polar surface area (TPSA) is 102 Å². The normalized spacial score (nSPS) is 14.2. The van der Waals surface area contributed by atoms with Gasteiger partial charge in [-0.1, -0.05) is 0 Å². The second-order valence-corrected chi connectivity index (χ2v) is 4.25. The number of carbonyl (C=O) groups is 1. The number of carbonyl (C=O) groups excluding carboxylic acids is 1. The van der Waals surface area contributed by atoms with Gasteiger partial charge < -0.3 is 15.5 Å². The van der Waals surface area contributed by atoms with Gasteiger partial charge in [0.15, 0.2) is 0 Å². The first-order valence-corrected chi connectivity index (χ1v) is 5.81. The number of nitrogen functional groups attached to an aromatic ring is 1. The second kappa shape index (κ2) is 5.18. The molecule has 1 saturated carbocycles. The summed E-state index contributed by atoms with van der Waals surface area (Å²) in [5.41, 5.74) is 3.34. The maximum atomic E-state index is 11.1. The van der Waals surface area contributed by atoms with Crippen molar-refractivity contribution in [2.75, 3.05) is 24.4 Å². The van der Waals surface area contributed by atoms with Crippen LogP contribution in [-0.4, -0.2) is 29.6 Å². The van der Waals surface area contributed by atoms with E-state index < -0.39 is 0 Å². The fraction of sp³-hybridized carbons (Fsp3) is 0.545. The monoisotopic (exact) mass is 251 g/mol. The number of nitrogens with zero attached hydrogens (tertiary/aromatic N) is 2. The van der Waals surface area contributed by atoms with Gasteiger partial charge in [-0.25, -0.2) is 15.8 Å². The molecule has 0 amide bonds. The third-order valence-electron chi connectivity index (χ3n) is 2.87. The maximum Gasteiger partial charge on any atom is 0.325 e. The molecular formula is C11H17N5O2. The molecule has 0 aromatic carbocycles. The highest BCUT2D eigenvalue weighted by molar-refractivity contribution is 5.75. The molecule has 0 saturated heterocycles. The van der Waals surface area contributed by atoms with Crippen molar-refractivity contribution < 1.29 is 9.53 Å². The standard InChI is InChI=1S/C11H17N5O2/c1-6-9(13-5-8(17)18-2)14-11(7-3-4-7)15-10(6)16-12/h7H,3-5,12H2,1-2H3,(H2,13,14,15,16). The lowest BCUT2D eigenvalue weighted by Crippen LogP contribution is -2.19. The van der Waals surface area contributed by atoms with E-state index in [2.05, 4.69) is 25.4 Å². The lowest BCUT2D eigenvalue weighted by molar-refractivity contribution is -0.138. The summed E-state index contributed by atoms with van der Waals surface area (Å²) in [6, 6.07) is 0. The summed E-state index contributed by atoms with van der Waals surface area (Å²) in [4.78, 5) is 19.9. The van der Waals surface area contributed by atoms with E-state index in [-0.39, 0.29) is 12.5 Å². The molecule has 1 fully saturated rings. The van der Waals surface area contributed by atoms with Gasteiger partial charge in [0.25, 0.3) is 0 Å². The number of esters is 1. The summed E-state index contributed by atoms with van der Waals surface area (Å²) < 4.78 is 4.57. The zero-order chi connectivity index (χ0) is 13.1. The van der Waals surface area contributed by atoms with E-state index in [9.17, 15) is 4.79 Å². The molecule has 7 nitrogen and oxygen atoms in total. The van der Waals surface area contributed by atoms with Crippen molar-refractivity contribution in [3.63, 3.8) is 0 Å². The van der Waals surface area contributed by atoms with E-state index in [0.29, 0.717) is 17.6 Å². The molecule has 1 aromatic heterocycles.